The highest BCUT2D eigenvalue weighted by molar-refractivity contribution is 5.31. The Balaban J connectivity index is 2.71. The lowest BCUT2D eigenvalue weighted by molar-refractivity contribution is 0.490. The van der Waals surface area contributed by atoms with Gasteiger partial charge < -0.3 is 0 Å². The van der Waals surface area contributed by atoms with Gasteiger partial charge in [0.15, 0.2) is 0 Å². The molecule has 1 rings (SSSR count). The van der Waals surface area contributed by atoms with E-state index in [0.29, 0.717) is 0 Å². The van der Waals surface area contributed by atoms with E-state index in [1.54, 1.807) is 0 Å². The summed E-state index contributed by atoms with van der Waals surface area (Å²) in [5.41, 5.74) is 2.91. The lowest BCUT2D eigenvalue weighted by atomic mass is 9.82. The van der Waals surface area contributed by atoms with E-state index >= 15 is 0 Å². The molecule has 0 aromatic rings. The fraction of sp³-hybridized carbons (Fsp3) is 0.733. The second-order valence-corrected chi connectivity index (χ2v) is 6.15. The topological polar surface area (TPSA) is 0 Å². The van der Waals surface area contributed by atoms with Crippen LogP contribution in [-0.2, 0) is 0 Å². The van der Waals surface area contributed by atoms with Crippen LogP contribution in [0.5, 0.6) is 0 Å². The van der Waals surface area contributed by atoms with Crippen LogP contribution in [0.3, 0.4) is 0 Å². The Hall–Kier alpha value is -0.520. The van der Waals surface area contributed by atoms with Crippen LogP contribution < -0.4 is 0 Å². The normalized spacial score (nSPS) is 28.2. The lowest BCUT2D eigenvalue weighted by Crippen LogP contribution is -2.10. The number of rotatable bonds is 2. The molecule has 0 saturated heterocycles. The van der Waals surface area contributed by atoms with Crippen molar-refractivity contribution in [3.63, 3.8) is 0 Å². The van der Waals surface area contributed by atoms with Crippen LogP contribution in [0.1, 0.15) is 53.9 Å². The van der Waals surface area contributed by atoms with Crippen LogP contribution in [0, 0.1) is 17.3 Å². The summed E-state index contributed by atoms with van der Waals surface area (Å²) in [6.07, 6.45) is 6.63. The van der Waals surface area contributed by atoms with Gasteiger partial charge in [0.2, 0.25) is 0 Å². The van der Waals surface area contributed by atoms with Crippen LogP contribution in [0.4, 0.5) is 0 Å². The van der Waals surface area contributed by atoms with Gasteiger partial charge in [-0.25, -0.2) is 0 Å². The predicted molar refractivity (Wildman–Crippen MR) is 68.9 cm³/mol. The first kappa shape index (κ1) is 12.5. The Kier molecular flexibility index (Phi) is 3.81. The standard InChI is InChI=1S/C15H26/c1-11-8-7-9-14(11)10-12(2)13(3)15(4,5)6/h10-11,14H,3,7-9H2,1-2,4-6H3/b12-10+. The molecular formula is C15H26. The molecule has 0 nitrogen and oxygen atoms in total. The summed E-state index contributed by atoms with van der Waals surface area (Å²) in [6, 6.07) is 0. The Morgan fingerprint density at radius 1 is 1.27 bits per heavy atom. The highest BCUT2D eigenvalue weighted by Gasteiger charge is 2.23. The van der Waals surface area contributed by atoms with E-state index < -0.39 is 0 Å². The van der Waals surface area contributed by atoms with Crippen molar-refractivity contribution in [2.75, 3.05) is 0 Å². The molecule has 0 aliphatic heterocycles. The second kappa shape index (κ2) is 4.55. The average molecular weight is 206 g/mol. The number of hydrogen-bond donors (Lipinski definition) is 0. The van der Waals surface area contributed by atoms with Gasteiger partial charge in [0, 0.05) is 0 Å². The summed E-state index contributed by atoms with van der Waals surface area (Å²) in [7, 11) is 0. The summed E-state index contributed by atoms with van der Waals surface area (Å²) >= 11 is 0. The van der Waals surface area contributed by atoms with Gasteiger partial charge in [-0.1, -0.05) is 58.8 Å². The molecule has 0 amide bonds. The van der Waals surface area contributed by atoms with Gasteiger partial charge in [0.25, 0.3) is 0 Å². The second-order valence-electron chi connectivity index (χ2n) is 6.15. The van der Waals surface area contributed by atoms with Crippen LogP contribution in [0.15, 0.2) is 23.8 Å². The first-order valence-corrected chi connectivity index (χ1v) is 6.20. The molecule has 1 saturated carbocycles. The predicted octanol–water partition coefficient (Wildman–Crippen LogP) is 4.97. The monoisotopic (exact) mass is 206 g/mol. The fourth-order valence-electron chi connectivity index (χ4n) is 2.43. The summed E-state index contributed by atoms with van der Waals surface area (Å²) in [6.45, 7) is 15.5. The third kappa shape index (κ3) is 3.22. The molecule has 2 atom stereocenters. The molecule has 1 aliphatic carbocycles. The zero-order valence-corrected chi connectivity index (χ0v) is 11.1. The van der Waals surface area contributed by atoms with Gasteiger partial charge in [-0.2, -0.15) is 0 Å². The van der Waals surface area contributed by atoms with Crippen LogP contribution in [-0.4, -0.2) is 0 Å². The quantitative estimate of drug-likeness (QED) is 0.559. The maximum Gasteiger partial charge on any atom is -0.0135 e. The summed E-state index contributed by atoms with van der Waals surface area (Å²) in [5.74, 6) is 1.66. The summed E-state index contributed by atoms with van der Waals surface area (Å²) in [5, 5.41) is 0. The SMILES string of the molecule is C=C(/C(C)=C/C1CCCC1C)C(C)(C)C. The first-order chi connectivity index (χ1) is 6.82. The molecule has 0 bridgehead atoms. The van der Waals surface area contributed by atoms with Crippen molar-refractivity contribution >= 4 is 0 Å². The maximum absolute atomic E-state index is 4.22. The van der Waals surface area contributed by atoms with Crippen molar-refractivity contribution in [1.82, 2.24) is 0 Å². The van der Waals surface area contributed by atoms with Crippen molar-refractivity contribution in [2.24, 2.45) is 17.3 Å². The van der Waals surface area contributed by atoms with Crippen molar-refractivity contribution in [3.8, 4) is 0 Å². The van der Waals surface area contributed by atoms with Crippen molar-refractivity contribution < 1.29 is 0 Å². The van der Waals surface area contributed by atoms with E-state index in [0.717, 1.165) is 11.8 Å². The fourth-order valence-corrected chi connectivity index (χ4v) is 2.43. The molecule has 0 heterocycles. The molecule has 0 aromatic carbocycles. The van der Waals surface area contributed by atoms with E-state index in [9.17, 15) is 0 Å². The third-order valence-corrected chi connectivity index (χ3v) is 3.77. The highest BCUT2D eigenvalue weighted by atomic mass is 14.3. The molecular weight excluding hydrogens is 180 g/mol. The zero-order chi connectivity index (χ0) is 11.6. The molecule has 86 valence electrons. The first-order valence-electron chi connectivity index (χ1n) is 6.20. The Bertz CT molecular complexity index is 262. The van der Waals surface area contributed by atoms with Gasteiger partial charge >= 0.3 is 0 Å². The van der Waals surface area contributed by atoms with Gasteiger partial charge in [0.1, 0.15) is 0 Å². The molecule has 15 heavy (non-hydrogen) atoms. The maximum atomic E-state index is 4.22. The summed E-state index contributed by atoms with van der Waals surface area (Å²) in [4.78, 5) is 0. The van der Waals surface area contributed by atoms with Crippen molar-refractivity contribution in [2.45, 2.75) is 53.9 Å². The molecule has 0 N–H and O–H groups in total. The minimum absolute atomic E-state index is 0.211. The molecule has 0 aromatic heterocycles. The zero-order valence-electron chi connectivity index (χ0n) is 11.1. The van der Waals surface area contributed by atoms with E-state index in [-0.39, 0.29) is 5.41 Å². The molecule has 0 spiro atoms. The lowest BCUT2D eigenvalue weighted by Gasteiger charge is -2.24. The van der Waals surface area contributed by atoms with Gasteiger partial charge in [-0.3, -0.25) is 0 Å². The van der Waals surface area contributed by atoms with E-state index in [4.69, 9.17) is 0 Å². The van der Waals surface area contributed by atoms with E-state index in [1.807, 2.05) is 0 Å². The molecule has 0 heteroatoms. The molecule has 2 unspecified atom stereocenters. The van der Waals surface area contributed by atoms with Crippen LogP contribution in [0.25, 0.3) is 0 Å². The minimum atomic E-state index is 0.211. The van der Waals surface area contributed by atoms with Crippen molar-refractivity contribution in [3.05, 3.63) is 23.8 Å². The minimum Gasteiger partial charge on any atom is -0.0950 e. The smallest absolute Gasteiger partial charge is 0.0135 e. The van der Waals surface area contributed by atoms with E-state index in [2.05, 4.69) is 47.3 Å². The molecule has 0 radical (unpaired) electrons. The molecule has 1 aliphatic rings. The third-order valence-electron chi connectivity index (χ3n) is 3.77. The van der Waals surface area contributed by atoms with Gasteiger partial charge in [-0.05, 0) is 36.2 Å². The van der Waals surface area contributed by atoms with E-state index in [1.165, 1.54) is 30.4 Å². The highest BCUT2D eigenvalue weighted by Crippen LogP contribution is 2.36. The summed E-state index contributed by atoms with van der Waals surface area (Å²) < 4.78 is 0. The van der Waals surface area contributed by atoms with Gasteiger partial charge in [0.05, 0.1) is 0 Å². The Morgan fingerprint density at radius 3 is 2.27 bits per heavy atom. The van der Waals surface area contributed by atoms with Crippen molar-refractivity contribution in [1.29, 1.82) is 0 Å². The average Bonchev–Trinajstić information content (AvgIpc) is 2.49. The Labute approximate surface area is 95.5 Å². The Morgan fingerprint density at radius 2 is 1.87 bits per heavy atom. The molecule has 1 fully saturated rings. The van der Waals surface area contributed by atoms with Crippen LogP contribution in [0.2, 0.25) is 0 Å². The van der Waals surface area contributed by atoms with Crippen LogP contribution >= 0.6 is 0 Å². The number of allylic oxidation sites excluding steroid dienone is 3. The largest absolute Gasteiger partial charge is 0.0950 e. The van der Waals surface area contributed by atoms with Gasteiger partial charge in [-0.15, -0.1) is 0 Å². The number of hydrogen-bond acceptors (Lipinski definition) is 0.